The molecule has 3 aliphatic rings. The molecule has 0 radical (unpaired) electrons. The first-order valence-corrected chi connectivity index (χ1v) is 14.6. The largest absolute Gasteiger partial charge is 0.322 e. The number of halogens is 1. The summed E-state index contributed by atoms with van der Waals surface area (Å²) in [7, 11) is 0. The summed E-state index contributed by atoms with van der Waals surface area (Å²) in [5.74, 6) is -1.11. The van der Waals surface area contributed by atoms with Gasteiger partial charge in [0.2, 0.25) is 11.8 Å². The third-order valence-electron chi connectivity index (χ3n) is 8.98. The Kier molecular flexibility index (Phi) is 6.85. The van der Waals surface area contributed by atoms with Gasteiger partial charge in [0.05, 0.1) is 11.2 Å². The van der Waals surface area contributed by atoms with Gasteiger partial charge in [-0.3, -0.25) is 34.0 Å². The first kappa shape index (κ1) is 27.2. The van der Waals surface area contributed by atoms with E-state index in [0.717, 1.165) is 37.1 Å². The Labute approximate surface area is 246 Å². The van der Waals surface area contributed by atoms with Crippen molar-refractivity contribution >= 4 is 28.6 Å². The number of hydrogen-bond acceptors (Lipinski definition) is 6. The summed E-state index contributed by atoms with van der Waals surface area (Å²) in [5, 5.41) is 2.34. The molecule has 1 atom stereocenters. The Balaban J connectivity index is 1.03. The fourth-order valence-electron chi connectivity index (χ4n) is 6.62. The smallest absolute Gasteiger partial charge is 0.268 e. The van der Waals surface area contributed by atoms with Crippen LogP contribution < -0.4 is 10.9 Å². The minimum Gasteiger partial charge on any atom is -0.322 e. The van der Waals surface area contributed by atoms with Crippen molar-refractivity contribution in [2.75, 3.05) is 13.1 Å². The monoisotopic (exact) mass is 579 g/mol. The molecule has 10 heteroatoms. The van der Waals surface area contributed by atoms with Crippen molar-refractivity contribution < 1.29 is 18.8 Å². The van der Waals surface area contributed by atoms with Crippen LogP contribution in [0.25, 0.3) is 16.6 Å². The van der Waals surface area contributed by atoms with E-state index in [4.69, 9.17) is 0 Å². The summed E-state index contributed by atoms with van der Waals surface area (Å²) in [4.78, 5) is 58.3. The van der Waals surface area contributed by atoms with Gasteiger partial charge >= 0.3 is 0 Å². The molecule has 0 spiro atoms. The third kappa shape index (κ3) is 4.91. The van der Waals surface area contributed by atoms with Crippen LogP contribution in [0.3, 0.4) is 0 Å². The topological polar surface area (TPSA) is 105 Å². The van der Waals surface area contributed by atoms with Gasteiger partial charge in [0, 0.05) is 30.6 Å². The van der Waals surface area contributed by atoms with Crippen LogP contribution in [0.5, 0.6) is 0 Å². The summed E-state index contributed by atoms with van der Waals surface area (Å²) in [5.41, 5.74) is 3.68. The Morgan fingerprint density at radius 1 is 0.930 bits per heavy atom. The zero-order valence-corrected chi connectivity index (χ0v) is 23.5. The Bertz CT molecular complexity index is 1830. The maximum absolute atomic E-state index is 15.7. The molecule has 3 aromatic carbocycles. The second-order valence-corrected chi connectivity index (χ2v) is 11.6. The van der Waals surface area contributed by atoms with Gasteiger partial charge < -0.3 is 4.90 Å². The molecule has 0 saturated carbocycles. The highest BCUT2D eigenvalue weighted by Crippen LogP contribution is 2.34. The van der Waals surface area contributed by atoms with Crippen molar-refractivity contribution in [3.05, 3.63) is 105 Å². The van der Waals surface area contributed by atoms with Crippen molar-refractivity contribution in [3.63, 3.8) is 0 Å². The fourth-order valence-corrected chi connectivity index (χ4v) is 6.62. The number of para-hydroxylation sites is 1. The van der Waals surface area contributed by atoms with Gasteiger partial charge in [-0.1, -0.05) is 36.4 Å². The van der Waals surface area contributed by atoms with E-state index in [2.05, 4.69) is 21.3 Å². The standard InChI is InChI=1S/C33H30FN5O4/c34-30-22(7-9-26-29(30)33(43)39(19-35-26)24-4-2-1-3-5-24)17-37-14-12-20(13-15-37)21-6-8-25-23(16-21)18-38(32(25)42)27-10-11-28(40)36-31(27)41/h1-9,16,19-20,27H,10-15,17-18H2,(H,36,40,41). The molecule has 2 saturated heterocycles. The van der Waals surface area contributed by atoms with Crippen molar-refractivity contribution in [2.24, 2.45) is 0 Å². The molecule has 2 fully saturated rings. The van der Waals surface area contributed by atoms with E-state index in [0.29, 0.717) is 47.8 Å². The van der Waals surface area contributed by atoms with Gasteiger partial charge in [-0.25, -0.2) is 9.37 Å². The predicted octanol–water partition coefficient (Wildman–Crippen LogP) is 3.67. The van der Waals surface area contributed by atoms with Crippen LogP contribution in [-0.2, 0) is 22.7 Å². The van der Waals surface area contributed by atoms with E-state index >= 15 is 4.39 Å². The second-order valence-electron chi connectivity index (χ2n) is 11.6. The number of nitrogens with one attached hydrogen (secondary N) is 1. The van der Waals surface area contributed by atoms with Crippen LogP contribution >= 0.6 is 0 Å². The number of rotatable bonds is 5. The quantitative estimate of drug-likeness (QED) is 0.362. The highest BCUT2D eigenvalue weighted by atomic mass is 19.1. The number of fused-ring (bicyclic) bond motifs is 2. The molecule has 218 valence electrons. The number of amides is 3. The Hall–Kier alpha value is -4.70. The zero-order valence-electron chi connectivity index (χ0n) is 23.5. The SMILES string of the molecule is O=C1CCC(N2Cc3cc(C4CCN(Cc5ccc6ncn(-c7ccccc7)c(=O)c6c5F)CC4)ccc3C2=O)C(=O)N1. The molecule has 4 heterocycles. The minimum absolute atomic E-state index is 0.00206. The molecule has 0 aliphatic carbocycles. The molecule has 1 unspecified atom stereocenters. The van der Waals surface area contributed by atoms with Crippen molar-refractivity contribution in [1.29, 1.82) is 0 Å². The average molecular weight is 580 g/mol. The van der Waals surface area contributed by atoms with E-state index in [1.807, 2.05) is 30.3 Å². The van der Waals surface area contributed by atoms with E-state index in [9.17, 15) is 19.2 Å². The Morgan fingerprint density at radius 3 is 2.49 bits per heavy atom. The maximum Gasteiger partial charge on any atom is 0.268 e. The normalized spacial score (nSPS) is 19.6. The van der Waals surface area contributed by atoms with E-state index in [1.54, 1.807) is 29.2 Å². The van der Waals surface area contributed by atoms with Crippen LogP contribution in [0.1, 0.15) is 58.6 Å². The highest BCUT2D eigenvalue weighted by Gasteiger charge is 2.39. The molecule has 1 N–H and O–H groups in total. The van der Waals surface area contributed by atoms with Crippen molar-refractivity contribution in [2.45, 2.75) is 50.7 Å². The number of carbonyl (C=O) groups is 3. The lowest BCUT2D eigenvalue weighted by Crippen LogP contribution is -2.52. The lowest BCUT2D eigenvalue weighted by atomic mass is 9.87. The summed E-state index contributed by atoms with van der Waals surface area (Å²) in [6.45, 7) is 2.28. The highest BCUT2D eigenvalue weighted by molar-refractivity contribution is 6.05. The Morgan fingerprint density at radius 2 is 1.72 bits per heavy atom. The van der Waals surface area contributed by atoms with Gasteiger partial charge in [0.25, 0.3) is 11.5 Å². The first-order chi connectivity index (χ1) is 20.9. The van der Waals surface area contributed by atoms with Crippen LogP contribution in [-0.4, -0.2) is 56.2 Å². The summed E-state index contributed by atoms with van der Waals surface area (Å²) in [6, 6.07) is 17.8. The molecule has 43 heavy (non-hydrogen) atoms. The van der Waals surface area contributed by atoms with Crippen LogP contribution in [0.15, 0.2) is 71.8 Å². The van der Waals surface area contributed by atoms with Crippen molar-refractivity contribution in [3.8, 4) is 5.69 Å². The third-order valence-corrected chi connectivity index (χ3v) is 8.98. The molecule has 4 aromatic rings. The maximum atomic E-state index is 15.7. The molecule has 1 aromatic heterocycles. The number of nitrogens with zero attached hydrogens (tertiary/aromatic N) is 4. The van der Waals surface area contributed by atoms with Crippen LogP contribution in [0.4, 0.5) is 4.39 Å². The minimum atomic E-state index is -0.628. The van der Waals surface area contributed by atoms with Crippen molar-refractivity contribution in [1.82, 2.24) is 24.7 Å². The summed E-state index contributed by atoms with van der Waals surface area (Å²) in [6.07, 6.45) is 3.76. The molecule has 9 nitrogen and oxygen atoms in total. The fraction of sp³-hybridized carbons (Fsp3) is 0.303. The number of hydrogen-bond donors (Lipinski definition) is 1. The van der Waals surface area contributed by atoms with E-state index < -0.39 is 23.3 Å². The number of likely N-dealkylation sites (tertiary alicyclic amines) is 1. The molecular formula is C33H30FN5O4. The second kappa shape index (κ2) is 10.9. The molecule has 7 rings (SSSR count). The van der Waals surface area contributed by atoms with Crippen LogP contribution in [0.2, 0.25) is 0 Å². The van der Waals surface area contributed by atoms with E-state index in [-0.39, 0.29) is 23.6 Å². The average Bonchev–Trinajstić information content (AvgIpc) is 3.34. The summed E-state index contributed by atoms with van der Waals surface area (Å²) >= 11 is 0. The number of benzene rings is 3. The summed E-state index contributed by atoms with van der Waals surface area (Å²) < 4.78 is 17.1. The molecular weight excluding hydrogens is 549 g/mol. The molecule has 0 bridgehead atoms. The van der Waals surface area contributed by atoms with Crippen LogP contribution in [0, 0.1) is 5.82 Å². The van der Waals surface area contributed by atoms with Gasteiger partial charge in [-0.2, -0.15) is 0 Å². The van der Waals surface area contributed by atoms with E-state index in [1.165, 1.54) is 10.9 Å². The van der Waals surface area contributed by atoms with Gasteiger partial charge in [0.15, 0.2) is 0 Å². The number of imide groups is 1. The number of piperidine rings is 2. The number of carbonyl (C=O) groups excluding carboxylic acids is 3. The van der Waals surface area contributed by atoms with Gasteiger partial charge in [-0.05, 0) is 73.7 Å². The lowest BCUT2D eigenvalue weighted by molar-refractivity contribution is -0.136. The molecule has 3 aliphatic heterocycles. The van der Waals surface area contributed by atoms with Gasteiger partial charge in [-0.15, -0.1) is 0 Å². The first-order valence-electron chi connectivity index (χ1n) is 14.6. The number of aromatic nitrogens is 2. The molecule has 3 amide bonds. The predicted molar refractivity (Wildman–Crippen MR) is 157 cm³/mol. The zero-order chi connectivity index (χ0) is 29.7. The van der Waals surface area contributed by atoms with Gasteiger partial charge in [0.1, 0.15) is 23.6 Å². The lowest BCUT2D eigenvalue weighted by Gasteiger charge is -2.32.